The predicted molar refractivity (Wildman–Crippen MR) is 91.1 cm³/mol. The van der Waals surface area contributed by atoms with E-state index in [1.54, 1.807) is 0 Å². The third-order valence-electron chi connectivity index (χ3n) is 6.81. The number of piperidine rings is 1. The van der Waals surface area contributed by atoms with Crippen LogP contribution in [-0.2, 0) is 4.74 Å². The summed E-state index contributed by atoms with van der Waals surface area (Å²) in [6.45, 7) is 6.07. The summed E-state index contributed by atoms with van der Waals surface area (Å²) in [7, 11) is 0. The molecule has 4 aliphatic carbocycles. The van der Waals surface area contributed by atoms with Gasteiger partial charge in [0.1, 0.15) is 5.60 Å². The molecule has 5 aliphatic rings. The first-order valence-corrected chi connectivity index (χ1v) is 9.71. The van der Waals surface area contributed by atoms with Gasteiger partial charge in [0.25, 0.3) is 0 Å². The second-order valence-corrected chi connectivity index (χ2v) is 8.80. The minimum atomic E-state index is -0.305. The van der Waals surface area contributed by atoms with Crippen LogP contribution < -0.4 is 0 Å². The summed E-state index contributed by atoms with van der Waals surface area (Å²) in [4.78, 5) is 14.8. The maximum atomic E-state index is 12.9. The molecule has 1 saturated heterocycles. The molecule has 0 N–H and O–H groups in total. The Kier molecular flexibility index (Phi) is 3.93. The van der Waals surface area contributed by atoms with E-state index in [-0.39, 0.29) is 11.7 Å². The van der Waals surface area contributed by atoms with Gasteiger partial charge in [-0.2, -0.15) is 0 Å². The third kappa shape index (κ3) is 2.70. The zero-order valence-electron chi connectivity index (χ0n) is 14.7. The summed E-state index contributed by atoms with van der Waals surface area (Å²) >= 11 is 0. The molecule has 1 heterocycles. The maximum absolute atomic E-state index is 12.9. The van der Waals surface area contributed by atoms with Crippen LogP contribution in [0.2, 0.25) is 0 Å². The molecular formula is C20H31NO2. The Labute approximate surface area is 140 Å². The van der Waals surface area contributed by atoms with Crippen molar-refractivity contribution >= 4 is 6.09 Å². The standard InChI is InChI=1S/C20H31NO2/c1-14(2)13-20(23-19(22)21-6-4-3-5-7-21)17-9-15-8-16(11-17)12-18(20)10-15/h13,15-18H,3-12H2,1-2H3. The number of amides is 1. The van der Waals surface area contributed by atoms with Crippen LogP contribution in [0.1, 0.15) is 65.2 Å². The van der Waals surface area contributed by atoms with E-state index in [1.165, 1.54) is 44.1 Å². The van der Waals surface area contributed by atoms with Crippen LogP contribution in [0.15, 0.2) is 11.6 Å². The number of likely N-dealkylation sites (tertiary alicyclic amines) is 1. The Bertz CT molecular complexity index is 472. The molecule has 4 bridgehead atoms. The van der Waals surface area contributed by atoms with Gasteiger partial charge in [0, 0.05) is 24.9 Å². The second-order valence-electron chi connectivity index (χ2n) is 8.80. The van der Waals surface area contributed by atoms with Crippen molar-refractivity contribution in [2.45, 2.75) is 70.8 Å². The second kappa shape index (κ2) is 5.82. The van der Waals surface area contributed by atoms with E-state index < -0.39 is 0 Å². The van der Waals surface area contributed by atoms with Crippen LogP contribution in [0.5, 0.6) is 0 Å². The summed E-state index contributed by atoms with van der Waals surface area (Å²) in [6.07, 6.45) is 12.3. The minimum Gasteiger partial charge on any atom is -0.438 e. The van der Waals surface area contributed by atoms with Crippen molar-refractivity contribution in [1.82, 2.24) is 4.90 Å². The van der Waals surface area contributed by atoms with Gasteiger partial charge in [-0.25, -0.2) is 4.79 Å². The molecule has 0 atom stereocenters. The number of hydrogen-bond acceptors (Lipinski definition) is 2. The van der Waals surface area contributed by atoms with E-state index in [9.17, 15) is 4.79 Å². The lowest BCUT2D eigenvalue weighted by atomic mass is 9.49. The number of carbonyl (C=O) groups is 1. The fourth-order valence-corrected chi connectivity index (χ4v) is 6.10. The molecule has 5 rings (SSSR count). The lowest BCUT2D eigenvalue weighted by Crippen LogP contribution is -2.59. The topological polar surface area (TPSA) is 29.5 Å². The van der Waals surface area contributed by atoms with Crippen LogP contribution in [0.25, 0.3) is 0 Å². The Hall–Kier alpha value is -0.990. The van der Waals surface area contributed by atoms with Crippen molar-refractivity contribution in [1.29, 1.82) is 0 Å². The molecule has 3 nitrogen and oxygen atoms in total. The number of rotatable bonds is 2. The molecule has 128 valence electrons. The zero-order valence-corrected chi connectivity index (χ0v) is 14.7. The van der Waals surface area contributed by atoms with Crippen LogP contribution >= 0.6 is 0 Å². The van der Waals surface area contributed by atoms with Crippen molar-refractivity contribution < 1.29 is 9.53 Å². The van der Waals surface area contributed by atoms with E-state index in [0.29, 0.717) is 11.8 Å². The zero-order chi connectivity index (χ0) is 16.0. The molecular weight excluding hydrogens is 286 g/mol. The van der Waals surface area contributed by atoms with Crippen LogP contribution in [0.3, 0.4) is 0 Å². The van der Waals surface area contributed by atoms with Crippen LogP contribution in [0, 0.1) is 23.7 Å². The van der Waals surface area contributed by atoms with Gasteiger partial charge in [-0.1, -0.05) is 5.57 Å². The van der Waals surface area contributed by atoms with Crippen LogP contribution in [0.4, 0.5) is 4.79 Å². The van der Waals surface area contributed by atoms with Crippen molar-refractivity contribution in [3.8, 4) is 0 Å². The van der Waals surface area contributed by atoms with E-state index >= 15 is 0 Å². The average molecular weight is 317 g/mol. The van der Waals surface area contributed by atoms with Crippen molar-refractivity contribution in [3.05, 3.63) is 11.6 Å². The molecule has 1 amide bonds. The molecule has 0 unspecified atom stereocenters. The molecule has 0 spiro atoms. The molecule has 5 fully saturated rings. The van der Waals surface area contributed by atoms with Gasteiger partial charge < -0.3 is 9.64 Å². The summed E-state index contributed by atoms with van der Waals surface area (Å²) in [5.41, 5.74) is 0.991. The summed E-state index contributed by atoms with van der Waals surface area (Å²) in [6, 6.07) is 0. The lowest BCUT2D eigenvalue weighted by molar-refractivity contribution is -0.150. The highest BCUT2D eigenvalue weighted by Crippen LogP contribution is 2.60. The first kappa shape index (κ1) is 15.5. The molecule has 23 heavy (non-hydrogen) atoms. The van der Waals surface area contributed by atoms with Gasteiger partial charge in [0.05, 0.1) is 0 Å². The number of carbonyl (C=O) groups excluding carboxylic acids is 1. The van der Waals surface area contributed by atoms with E-state index in [0.717, 1.165) is 37.8 Å². The molecule has 0 aromatic rings. The Balaban J connectivity index is 1.59. The molecule has 0 radical (unpaired) electrons. The van der Waals surface area contributed by atoms with Gasteiger partial charge in [0.2, 0.25) is 0 Å². The maximum Gasteiger partial charge on any atom is 0.410 e. The van der Waals surface area contributed by atoms with E-state index in [1.807, 2.05) is 4.90 Å². The number of nitrogens with zero attached hydrogens (tertiary/aromatic N) is 1. The van der Waals surface area contributed by atoms with Crippen molar-refractivity contribution in [2.24, 2.45) is 23.7 Å². The quantitative estimate of drug-likeness (QED) is 0.687. The first-order valence-electron chi connectivity index (χ1n) is 9.71. The minimum absolute atomic E-state index is 0.0466. The average Bonchev–Trinajstić information content (AvgIpc) is 2.52. The number of hydrogen-bond donors (Lipinski definition) is 0. The Morgan fingerprint density at radius 2 is 1.52 bits per heavy atom. The highest BCUT2D eigenvalue weighted by atomic mass is 16.6. The van der Waals surface area contributed by atoms with Gasteiger partial charge in [-0.05, 0) is 83.1 Å². The van der Waals surface area contributed by atoms with Gasteiger partial charge in [-0.3, -0.25) is 0 Å². The summed E-state index contributed by atoms with van der Waals surface area (Å²) in [5, 5.41) is 0. The summed E-state index contributed by atoms with van der Waals surface area (Å²) < 4.78 is 6.38. The highest BCUT2D eigenvalue weighted by Gasteiger charge is 2.58. The predicted octanol–water partition coefficient (Wildman–Crippen LogP) is 4.77. The number of allylic oxidation sites excluding steroid dienone is 1. The van der Waals surface area contributed by atoms with E-state index in [4.69, 9.17) is 4.74 Å². The normalized spacial score (nSPS) is 41.7. The Morgan fingerprint density at radius 3 is 2.04 bits per heavy atom. The first-order chi connectivity index (χ1) is 11.1. The van der Waals surface area contributed by atoms with E-state index in [2.05, 4.69) is 19.9 Å². The van der Waals surface area contributed by atoms with Gasteiger partial charge in [-0.15, -0.1) is 0 Å². The number of ether oxygens (including phenoxy) is 1. The van der Waals surface area contributed by atoms with Gasteiger partial charge >= 0.3 is 6.09 Å². The monoisotopic (exact) mass is 317 g/mol. The molecule has 1 aliphatic heterocycles. The molecule has 0 aromatic heterocycles. The third-order valence-corrected chi connectivity index (χ3v) is 6.81. The Morgan fingerprint density at radius 1 is 0.957 bits per heavy atom. The fourth-order valence-electron chi connectivity index (χ4n) is 6.10. The molecule has 0 aromatic carbocycles. The fraction of sp³-hybridized carbons (Fsp3) is 0.850. The molecule has 3 heteroatoms. The van der Waals surface area contributed by atoms with Gasteiger partial charge in [0.15, 0.2) is 0 Å². The summed E-state index contributed by atoms with van der Waals surface area (Å²) in [5.74, 6) is 2.90. The SMILES string of the molecule is CC(C)=CC1(OC(=O)N2CCCCC2)C2CC3CC(C2)CC1C3. The van der Waals surface area contributed by atoms with Crippen molar-refractivity contribution in [2.75, 3.05) is 13.1 Å². The molecule has 4 saturated carbocycles. The largest absolute Gasteiger partial charge is 0.438 e. The lowest BCUT2D eigenvalue weighted by Gasteiger charge is -2.59. The smallest absolute Gasteiger partial charge is 0.410 e. The van der Waals surface area contributed by atoms with Crippen molar-refractivity contribution in [3.63, 3.8) is 0 Å². The highest BCUT2D eigenvalue weighted by molar-refractivity contribution is 5.68. The van der Waals surface area contributed by atoms with Crippen LogP contribution in [-0.4, -0.2) is 29.7 Å².